The zero-order valence-corrected chi connectivity index (χ0v) is 20.9. The van der Waals surface area contributed by atoms with Crippen molar-refractivity contribution < 1.29 is 0 Å². The van der Waals surface area contributed by atoms with Gasteiger partial charge < -0.3 is 10.2 Å². The Balaban J connectivity index is 0.00000320. The highest BCUT2D eigenvalue weighted by Crippen LogP contribution is 2.18. The number of rotatable bonds is 8. The van der Waals surface area contributed by atoms with Crippen LogP contribution in [0.15, 0.2) is 35.6 Å². The number of nitrogens with one attached hydrogen (secondary N) is 1. The summed E-state index contributed by atoms with van der Waals surface area (Å²) in [6.45, 7) is 8.80. The Morgan fingerprint density at radius 1 is 1.27 bits per heavy atom. The van der Waals surface area contributed by atoms with Crippen LogP contribution in [0, 0.1) is 0 Å². The molecule has 0 amide bonds. The molecule has 3 aromatic rings. The number of guanidine groups is 1. The van der Waals surface area contributed by atoms with E-state index < -0.39 is 0 Å². The van der Waals surface area contributed by atoms with Crippen molar-refractivity contribution in [2.45, 2.75) is 46.1 Å². The van der Waals surface area contributed by atoms with E-state index in [1.807, 2.05) is 40.5 Å². The van der Waals surface area contributed by atoms with Gasteiger partial charge in [0.05, 0.1) is 5.69 Å². The summed E-state index contributed by atoms with van der Waals surface area (Å²) < 4.78 is 3.93. The predicted octanol–water partition coefficient (Wildman–Crippen LogP) is 3.23. The zero-order chi connectivity index (χ0) is 20.8. The van der Waals surface area contributed by atoms with Crippen molar-refractivity contribution in [3.63, 3.8) is 0 Å². The van der Waals surface area contributed by atoms with Crippen molar-refractivity contribution in [3.05, 3.63) is 47.7 Å². The Morgan fingerprint density at radius 3 is 2.80 bits per heavy atom. The normalized spacial score (nSPS) is 11.7. The van der Waals surface area contributed by atoms with Crippen LogP contribution in [0.1, 0.15) is 50.2 Å². The van der Waals surface area contributed by atoms with Gasteiger partial charge in [0.1, 0.15) is 5.82 Å². The van der Waals surface area contributed by atoms with Gasteiger partial charge >= 0.3 is 0 Å². The average Bonchev–Trinajstić information content (AvgIpc) is 3.27. The first-order chi connectivity index (χ1) is 14.0. The lowest BCUT2D eigenvalue weighted by Gasteiger charge is -2.22. The van der Waals surface area contributed by atoms with Gasteiger partial charge in [-0.25, -0.2) is 0 Å². The average molecular weight is 524 g/mol. The van der Waals surface area contributed by atoms with Gasteiger partial charge in [0.25, 0.3) is 0 Å². The third kappa shape index (κ3) is 5.93. The van der Waals surface area contributed by atoms with E-state index in [4.69, 9.17) is 4.99 Å². The number of hydrogen-bond donors (Lipinski definition) is 1. The minimum absolute atomic E-state index is 0. The molecule has 3 aromatic heterocycles. The Kier molecular flexibility index (Phi) is 9.07. The van der Waals surface area contributed by atoms with E-state index >= 15 is 0 Å². The zero-order valence-electron chi connectivity index (χ0n) is 18.5. The molecule has 0 unspecified atom stereocenters. The standard InChI is InChI=1S/C21H32N8.HI/c1-6-22-21(27(4)14-17-15-28(5)26-20(17)16(2)3)23-12-9-11-19-25-24-18-10-7-8-13-29(18)19;/h7-8,10,13,15-16H,6,9,11-12,14H2,1-5H3,(H,22,23);1H. The lowest BCUT2D eigenvalue weighted by atomic mass is 10.1. The summed E-state index contributed by atoms with van der Waals surface area (Å²) in [5, 5.41) is 16.5. The Hall–Kier alpha value is -2.17. The van der Waals surface area contributed by atoms with Crippen LogP contribution >= 0.6 is 24.0 Å². The summed E-state index contributed by atoms with van der Waals surface area (Å²) in [4.78, 5) is 6.98. The van der Waals surface area contributed by atoms with E-state index in [1.54, 1.807) is 0 Å². The molecule has 0 saturated carbocycles. The van der Waals surface area contributed by atoms with Crippen molar-refractivity contribution in [1.82, 2.24) is 34.6 Å². The maximum Gasteiger partial charge on any atom is 0.193 e. The number of aliphatic imine (C=N–C) groups is 1. The number of fused-ring (bicyclic) bond motifs is 1. The van der Waals surface area contributed by atoms with E-state index in [0.29, 0.717) is 5.92 Å². The summed E-state index contributed by atoms with van der Waals surface area (Å²) in [5.74, 6) is 2.29. The number of aryl methyl sites for hydroxylation is 2. The second-order valence-electron chi connectivity index (χ2n) is 7.61. The van der Waals surface area contributed by atoms with Crippen molar-refractivity contribution in [2.24, 2.45) is 12.0 Å². The van der Waals surface area contributed by atoms with Gasteiger partial charge in [-0.3, -0.25) is 14.1 Å². The van der Waals surface area contributed by atoms with Crippen LogP contribution in [-0.4, -0.2) is 55.4 Å². The van der Waals surface area contributed by atoms with Crippen LogP contribution < -0.4 is 5.32 Å². The summed E-state index contributed by atoms with van der Waals surface area (Å²) in [6.07, 6.45) is 5.87. The molecule has 0 saturated heterocycles. The van der Waals surface area contributed by atoms with Gasteiger partial charge in [0, 0.05) is 58.1 Å². The maximum absolute atomic E-state index is 4.82. The molecule has 0 atom stereocenters. The fourth-order valence-corrected chi connectivity index (χ4v) is 3.45. The fraction of sp³-hybridized carbons (Fsp3) is 0.524. The fourth-order valence-electron chi connectivity index (χ4n) is 3.45. The Labute approximate surface area is 195 Å². The van der Waals surface area contributed by atoms with Gasteiger partial charge in [-0.1, -0.05) is 19.9 Å². The molecule has 164 valence electrons. The number of pyridine rings is 1. The molecular formula is C21H33IN8. The van der Waals surface area contributed by atoms with Gasteiger partial charge in [-0.2, -0.15) is 5.10 Å². The third-order valence-electron chi connectivity index (χ3n) is 4.79. The third-order valence-corrected chi connectivity index (χ3v) is 4.79. The lowest BCUT2D eigenvalue weighted by molar-refractivity contribution is 0.473. The van der Waals surface area contributed by atoms with E-state index in [-0.39, 0.29) is 24.0 Å². The van der Waals surface area contributed by atoms with E-state index in [1.165, 1.54) is 5.56 Å². The van der Waals surface area contributed by atoms with Crippen LogP contribution in [-0.2, 0) is 20.0 Å². The highest BCUT2D eigenvalue weighted by molar-refractivity contribution is 14.0. The molecule has 0 aliphatic rings. The Bertz CT molecular complexity index is 959. The molecule has 0 radical (unpaired) electrons. The first-order valence-electron chi connectivity index (χ1n) is 10.3. The maximum atomic E-state index is 4.82. The Morgan fingerprint density at radius 2 is 2.07 bits per heavy atom. The number of aromatic nitrogens is 5. The van der Waals surface area contributed by atoms with E-state index in [2.05, 4.69) is 59.5 Å². The van der Waals surface area contributed by atoms with Crippen molar-refractivity contribution in [2.75, 3.05) is 20.1 Å². The molecule has 9 heteroatoms. The van der Waals surface area contributed by atoms with Crippen LogP contribution in [0.25, 0.3) is 5.65 Å². The van der Waals surface area contributed by atoms with Crippen molar-refractivity contribution in [1.29, 1.82) is 0 Å². The van der Waals surface area contributed by atoms with Gasteiger partial charge in [0.15, 0.2) is 11.6 Å². The van der Waals surface area contributed by atoms with Crippen LogP contribution in [0.5, 0.6) is 0 Å². The minimum Gasteiger partial charge on any atom is -0.357 e. The minimum atomic E-state index is 0. The largest absolute Gasteiger partial charge is 0.357 e. The molecule has 0 spiro atoms. The van der Waals surface area contributed by atoms with Crippen LogP contribution in [0.3, 0.4) is 0 Å². The molecule has 0 aliphatic carbocycles. The smallest absolute Gasteiger partial charge is 0.193 e. The molecule has 0 fully saturated rings. The molecule has 0 bridgehead atoms. The topological polar surface area (TPSA) is 75.6 Å². The molecule has 8 nitrogen and oxygen atoms in total. The van der Waals surface area contributed by atoms with Gasteiger partial charge in [0.2, 0.25) is 0 Å². The molecule has 3 rings (SSSR count). The number of halogens is 1. The first kappa shape index (κ1) is 24.1. The summed E-state index contributed by atoms with van der Waals surface area (Å²) >= 11 is 0. The molecule has 0 aromatic carbocycles. The molecular weight excluding hydrogens is 491 g/mol. The second-order valence-corrected chi connectivity index (χ2v) is 7.61. The number of hydrogen-bond acceptors (Lipinski definition) is 4. The lowest BCUT2D eigenvalue weighted by Crippen LogP contribution is -2.38. The van der Waals surface area contributed by atoms with Crippen LogP contribution in [0.4, 0.5) is 0 Å². The van der Waals surface area contributed by atoms with Crippen molar-refractivity contribution in [3.8, 4) is 0 Å². The highest BCUT2D eigenvalue weighted by atomic mass is 127. The van der Waals surface area contributed by atoms with Gasteiger partial charge in [-0.15, -0.1) is 34.2 Å². The van der Waals surface area contributed by atoms with Gasteiger partial charge in [-0.05, 0) is 31.4 Å². The number of nitrogens with zero attached hydrogens (tertiary/aromatic N) is 7. The first-order valence-corrected chi connectivity index (χ1v) is 10.3. The summed E-state index contributed by atoms with van der Waals surface area (Å²) in [6, 6.07) is 5.94. The highest BCUT2D eigenvalue weighted by Gasteiger charge is 2.15. The summed E-state index contributed by atoms with van der Waals surface area (Å²) in [7, 11) is 4.05. The monoisotopic (exact) mass is 524 g/mol. The quantitative estimate of drug-likeness (QED) is 0.212. The van der Waals surface area contributed by atoms with E-state index in [0.717, 1.165) is 55.6 Å². The van der Waals surface area contributed by atoms with Crippen molar-refractivity contribution >= 4 is 35.6 Å². The van der Waals surface area contributed by atoms with E-state index in [9.17, 15) is 0 Å². The molecule has 30 heavy (non-hydrogen) atoms. The SMILES string of the molecule is CCNC(=NCCCc1nnc2ccccn12)N(C)Cc1cn(C)nc1C(C)C.I. The van der Waals surface area contributed by atoms with Crippen LogP contribution in [0.2, 0.25) is 0 Å². The summed E-state index contributed by atoms with van der Waals surface area (Å²) in [5.41, 5.74) is 3.27. The molecule has 3 heterocycles. The second kappa shape index (κ2) is 11.3. The molecule has 1 N–H and O–H groups in total. The molecule has 0 aliphatic heterocycles. The predicted molar refractivity (Wildman–Crippen MR) is 131 cm³/mol.